The van der Waals surface area contributed by atoms with Gasteiger partial charge in [0.1, 0.15) is 0 Å². The molecule has 1 saturated carbocycles. The molecular weight excluding hydrogens is 313 g/mol. The quantitative estimate of drug-likeness (QED) is 0.638. The zero-order valence-corrected chi connectivity index (χ0v) is 14.3. The summed E-state index contributed by atoms with van der Waals surface area (Å²) >= 11 is 0. The van der Waals surface area contributed by atoms with Crippen molar-refractivity contribution in [3.8, 4) is 0 Å². The lowest BCUT2D eigenvalue weighted by Gasteiger charge is -2.33. The summed E-state index contributed by atoms with van der Waals surface area (Å²) in [5.74, 6) is 0.0416. The number of nitrogens with zero attached hydrogens (tertiary/aromatic N) is 1. The predicted octanol–water partition coefficient (Wildman–Crippen LogP) is 2.45. The molecule has 3 N–H and O–H groups in total. The molecule has 0 saturated heterocycles. The first-order valence-corrected chi connectivity index (χ1v) is 8.39. The van der Waals surface area contributed by atoms with Gasteiger partial charge in [0.2, 0.25) is 5.82 Å². The average molecular weight is 338 g/mol. The normalized spacial score (nSPS) is 25.1. The van der Waals surface area contributed by atoms with Crippen molar-refractivity contribution in [2.75, 3.05) is 5.32 Å². The molecule has 0 aliphatic heterocycles. The van der Waals surface area contributed by atoms with Crippen molar-refractivity contribution in [3.63, 3.8) is 0 Å². The first-order chi connectivity index (χ1) is 11.3. The molecule has 0 heterocycles. The fourth-order valence-corrected chi connectivity index (χ4v) is 3.34. The number of nitrogens with one attached hydrogen (secondary N) is 1. The van der Waals surface area contributed by atoms with Crippen molar-refractivity contribution >= 4 is 17.3 Å². The highest BCUT2D eigenvalue weighted by molar-refractivity contribution is 5.93. The molecule has 1 aliphatic rings. The third kappa shape index (κ3) is 4.29. The van der Waals surface area contributed by atoms with Gasteiger partial charge in [-0.2, -0.15) is 4.39 Å². The number of nitro groups is 1. The highest BCUT2D eigenvalue weighted by Gasteiger charge is 2.32. The largest absolute Gasteiger partial charge is 0.334 e. The Morgan fingerprint density at radius 2 is 2.12 bits per heavy atom. The fraction of sp³-hybridized carbons (Fsp3) is 0.588. The molecule has 0 spiro atoms. The van der Waals surface area contributed by atoms with Crippen molar-refractivity contribution in [2.45, 2.75) is 52.1 Å². The third-order valence-corrected chi connectivity index (χ3v) is 5.13. The highest BCUT2D eigenvalue weighted by atomic mass is 19.1. The number of nitro benzene ring substituents is 1. The second-order valence-electron chi connectivity index (χ2n) is 6.82. The topological polar surface area (TPSA) is 88.8 Å². The molecule has 0 bridgehead atoms. The molecule has 0 unspecified atom stereocenters. The minimum atomic E-state index is -0.914. The van der Waals surface area contributed by atoms with Gasteiger partial charge in [0, 0.05) is 17.7 Å². The van der Waals surface area contributed by atoms with Crippen LogP contribution in [0.2, 0.25) is 0 Å². The molecule has 1 aromatic rings. The van der Waals surface area contributed by atoms with Crippen LogP contribution >= 0.6 is 0 Å². The molecule has 6 nitrogen and oxygen atoms in total. The Labute approximate surface area is 141 Å². The Morgan fingerprint density at radius 3 is 2.79 bits per heavy atom. The minimum Gasteiger partial charge on any atom is -0.334 e. The summed E-state index contributed by atoms with van der Waals surface area (Å²) in [5, 5.41) is 15.5. The molecule has 1 amide bonds. The maximum atomic E-state index is 13.3. The Hall–Kier alpha value is -2.02. The van der Waals surface area contributed by atoms with Gasteiger partial charge < -0.3 is 10.6 Å². The Bertz CT molecular complexity index is 623. The molecule has 4 atom stereocenters. The van der Waals surface area contributed by atoms with E-state index in [0.29, 0.717) is 17.9 Å². The summed E-state index contributed by atoms with van der Waals surface area (Å²) in [6.07, 6.45) is 3.49. The van der Waals surface area contributed by atoms with Gasteiger partial charge >= 0.3 is 5.69 Å². The number of carbonyl (C=O) groups is 1. The summed E-state index contributed by atoms with van der Waals surface area (Å²) in [5.41, 5.74) is -0.405. The maximum absolute atomic E-state index is 13.3. The minimum absolute atomic E-state index is 0.235. The van der Waals surface area contributed by atoms with Gasteiger partial charge in [-0.25, -0.2) is 0 Å². The monoisotopic (exact) mass is 338 g/mol. The fourth-order valence-electron chi connectivity index (χ4n) is 3.34. The molecule has 1 aromatic carbocycles. The maximum Gasteiger partial charge on any atom is 0.306 e. The second kappa shape index (κ2) is 7.70. The second-order valence-corrected chi connectivity index (χ2v) is 6.82. The van der Waals surface area contributed by atoms with Gasteiger partial charge in [0.15, 0.2) is 6.04 Å². The van der Waals surface area contributed by atoms with E-state index < -0.39 is 16.4 Å². The van der Waals surface area contributed by atoms with Crippen LogP contribution in [-0.2, 0) is 4.79 Å². The van der Waals surface area contributed by atoms with E-state index in [9.17, 15) is 19.3 Å². The number of benzene rings is 1. The van der Waals surface area contributed by atoms with E-state index in [1.807, 2.05) is 6.92 Å². The van der Waals surface area contributed by atoms with Gasteiger partial charge in [-0.15, -0.1) is 0 Å². The van der Waals surface area contributed by atoms with Crippen LogP contribution in [0.5, 0.6) is 0 Å². The highest BCUT2D eigenvalue weighted by Crippen LogP contribution is 2.27. The van der Waals surface area contributed by atoms with Gasteiger partial charge in [-0.05, 0) is 44.2 Å². The van der Waals surface area contributed by atoms with Crippen LogP contribution in [0, 0.1) is 27.8 Å². The van der Waals surface area contributed by atoms with Crippen LogP contribution in [0.15, 0.2) is 18.2 Å². The summed E-state index contributed by atoms with van der Waals surface area (Å²) < 4.78 is 13.3. The Morgan fingerprint density at radius 1 is 1.42 bits per heavy atom. The van der Waals surface area contributed by atoms with Crippen LogP contribution in [0.3, 0.4) is 0 Å². The van der Waals surface area contributed by atoms with Crippen molar-refractivity contribution < 1.29 is 19.4 Å². The van der Waals surface area contributed by atoms with E-state index in [2.05, 4.69) is 24.5 Å². The zero-order valence-electron chi connectivity index (χ0n) is 14.3. The van der Waals surface area contributed by atoms with Crippen LogP contribution in [0.4, 0.5) is 15.8 Å². The number of hydrogen-bond donors (Lipinski definition) is 2. The average Bonchev–Trinajstić information content (AvgIpc) is 2.53. The van der Waals surface area contributed by atoms with Crippen molar-refractivity contribution in [1.29, 1.82) is 0 Å². The number of nitrogens with two attached hydrogens (primary N) is 1. The van der Waals surface area contributed by atoms with Crippen molar-refractivity contribution in [3.05, 3.63) is 34.1 Å². The molecule has 1 fully saturated rings. The van der Waals surface area contributed by atoms with Gasteiger partial charge in [0.25, 0.3) is 5.91 Å². The smallest absolute Gasteiger partial charge is 0.306 e. The van der Waals surface area contributed by atoms with E-state index in [4.69, 9.17) is 0 Å². The summed E-state index contributed by atoms with van der Waals surface area (Å²) in [7, 11) is 0. The summed E-state index contributed by atoms with van der Waals surface area (Å²) in [6.45, 7) is 6.28. The molecule has 0 radical (unpaired) electrons. The molecular formula is C17H25FN3O3+. The summed E-state index contributed by atoms with van der Waals surface area (Å²) in [4.78, 5) is 22.3. The van der Waals surface area contributed by atoms with E-state index in [-0.39, 0.29) is 17.6 Å². The Kier molecular flexibility index (Phi) is 5.88. The molecule has 24 heavy (non-hydrogen) atoms. The molecule has 132 valence electrons. The predicted molar refractivity (Wildman–Crippen MR) is 89.0 cm³/mol. The first-order valence-electron chi connectivity index (χ1n) is 8.39. The van der Waals surface area contributed by atoms with E-state index >= 15 is 0 Å². The van der Waals surface area contributed by atoms with Gasteiger partial charge in [0.05, 0.1) is 11.0 Å². The van der Waals surface area contributed by atoms with Crippen LogP contribution in [0.1, 0.15) is 40.0 Å². The Balaban J connectivity index is 1.99. The number of amides is 1. The number of quaternary nitrogens is 1. The lowest BCUT2D eigenvalue weighted by atomic mass is 9.78. The third-order valence-electron chi connectivity index (χ3n) is 5.13. The summed E-state index contributed by atoms with van der Waals surface area (Å²) in [6, 6.07) is 3.46. The first kappa shape index (κ1) is 18.3. The zero-order chi connectivity index (χ0) is 17.9. The van der Waals surface area contributed by atoms with Crippen LogP contribution < -0.4 is 10.6 Å². The van der Waals surface area contributed by atoms with Crippen molar-refractivity contribution in [2.24, 2.45) is 11.8 Å². The SMILES string of the molecule is C[C@@H]1[C@@H](C)CCC[C@H]1[NH2+][C@@H](C)C(=O)Nc1ccc(F)c([N+](=O)[O-])c1. The van der Waals surface area contributed by atoms with Crippen LogP contribution in [-0.4, -0.2) is 22.9 Å². The lowest BCUT2D eigenvalue weighted by molar-refractivity contribution is -0.715. The number of rotatable bonds is 5. The van der Waals surface area contributed by atoms with Gasteiger partial charge in [-0.1, -0.05) is 13.8 Å². The van der Waals surface area contributed by atoms with E-state index in [0.717, 1.165) is 18.6 Å². The number of anilines is 1. The van der Waals surface area contributed by atoms with Crippen molar-refractivity contribution in [1.82, 2.24) is 0 Å². The molecule has 2 rings (SSSR count). The van der Waals surface area contributed by atoms with Gasteiger partial charge in [-0.3, -0.25) is 14.9 Å². The number of halogens is 1. The number of hydrogen-bond acceptors (Lipinski definition) is 3. The molecule has 0 aromatic heterocycles. The van der Waals surface area contributed by atoms with E-state index in [1.165, 1.54) is 18.9 Å². The van der Waals surface area contributed by atoms with Crippen LogP contribution in [0.25, 0.3) is 0 Å². The molecule has 1 aliphatic carbocycles. The lowest BCUT2D eigenvalue weighted by Crippen LogP contribution is -2.97. The standard InChI is InChI=1S/C17H24FN3O3/c1-10-5-4-6-15(11(10)2)19-12(3)17(22)20-13-7-8-14(18)16(9-13)21(23)24/h7-12,15,19H,4-6H2,1-3H3,(H,20,22)/p+1/t10-,11+,12-,15+/m0/s1. The molecule has 7 heteroatoms. The number of carbonyl (C=O) groups excluding carboxylic acids is 1. The van der Waals surface area contributed by atoms with E-state index in [1.54, 1.807) is 0 Å².